The molecule has 0 fully saturated rings. The van der Waals surface area contributed by atoms with Crippen LogP contribution in [0.15, 0.2) is 109 Å². The standard InChI is InChI=1S/C68H114O6/c1-4-7-10-13-16-19-22-25-28-31-33-34-35-38-40-43-46-49-52-55-58-61-67(70)73-64-65(63-72-66(69)60-57-54-51-48-45-42-39-36-30-27-24-21-18-15-12-9-6-3)74-68(71)62-59-56-53-50-47-44-41-37-32-29-26-23-20-17-14-11-8-5-2/h7,9-10,12,16,18-19,21,25,27-30,32-34,38,40,65H,4-6,8,11,13-15,17,20,22-24,26,31,35-37,39,41-64H2,1-3H3/b10-7-,12-9-,19-16-,21-18-,28-25-,30-27-,32-29-,34-33-,40-38-. The van der Waals surface area contributed by atoms with Crippen LogP contribution < -0.4 is 0 Å². The molecule has 0 aromatic heterocycles. The summed E-state index contributed by atoms with van der Waals surface area (Å²) in [4.78, 5) is 38.3. The number of carbonyl (C=O) groups excluding carboxylic acids is 3. The summed E-state index contributed by atoms with van der Waals surface area (Å²) >= 11 is 0. The molecule has 6 heteroatoms. The van der Waals surface area contributed by atoms with Crippen molar-refractivity contribution in [2.75, 3.05) is 13.2 Å². The summed E-state index contributed by atoms with van der Waals surface area (Å²) in [5, 5.41) is 0. The number of carbonyl (C=O) groups is 3. The van der Waals surface area contributed by atoms with Crippen LogP contribution in [0.1, 0.15) is 284 Å². The second-order valence-corrected chi connectivity index (χ2v) is 20.2. The first-order valence-corrected chi connectivity index (χ1v) is 30.9. The Labute approximate surface area is 457 Å². The largest absolute Gasteiger partial charge is 0.462 e. The molecule has 0 bridgehead atoms. The fourth-order valence-electron chi connectivity index (χ4n) is 8.42. The van der Waals surface area contributed by atoms with E-state index in [0.29, 0.717) is 19.3 Å². The number of unbranched alkanes of at least 4 members (excludes halogenated alkanes) is 26. The Kier molecular flexibility index (Phi) is 58.3. The van der Waals surface area contributed by atoms with Crippen molar-refractivity contribution < 1.29 is 28.6 Å². The van der Waals surface area contributed by atoms with E-state index in [9.17, 15) is 14.4 Å². The van der Waals surface area contributed by atoms with Crippen molar-refractivity contribution in [2.24, 2.45) is 0 Å². The summed E-state index contributed by atoms with van der Waals surface area (Å²) in [7, 11) is 0. The number of hydrogen-bond donors (Lipinski definition) is 0. The van der Waals surface area contributed by atoms with Gasteiger partial charge in [0, 0.05) is 19.3 Å². The number of ether oxygens (including phenoxy) is 3. The molecule has 0 N–H and O–H groups in total. The highest BCUT2D eigenvalue weighted by Gasteiger charge is 2.19. The van der Waals surface area contributed by atoms with Gasteiger partial charge in [-0.2, -0.15) is 0 Å². The van der Waals surface area contributed by atoms with Crippen LogP contribution in [-0.2, 0) is 28.6 Å². The smallest absolute Gasteiger partial charge is 0.306 e. The van der Waals surface area contributed by atoms with E-state index in [4.69, 9.17) is 14.2 Å². The van der Waals surface area contributed by atoms with E-state index in [2.05, 4.69) is 130 Å². The van der Waals surface area contributed by atoms with E-state index in [-0.39, 0.29) is 31.1 Å². The molecular formula is C68H114O6. The predicted molar refractivity (Wildman–Crippen MR) is 320 cm³/mol. The first-order chi connectivity index (χ1) is 36.5. The lowest BCUT2D eigenvalue weighted by Crippen LogP contribution is -2.30. The lowest BCUT2D eigenvalue weighted by atomic mass is 10.1. The number of hydrogen-bond acceptors (Lipinski definition) is 6. The topological polar surface area (TPSA) is 78.9 Å². The first-order valence-electron chi connectivity index (χ1n) is 30.9. The third-order valence-corrected chi connectivity index (χ3v) is 13.0. The second-order valence-electron chi connectivity index (χ2n) is 20.2. The van der Waals surface area contributed by atoms with Crippen LogP contribution >= 0.6 is 0 Å². The second kappa shape index (κ2) is 61.6. The van der Waals surface area contributed by atoms with Gasteiger partial charge in [-0.05, 0) is 122 Å². The van der Waals surface area contributed by atoms with Crippen LogP contribution in [0.5, 0.6) is 0 Å². The Morgan fingerprint density at radius 1 is 0.284 bits per heavy atom. The average molecular weight is 1030 g/mol. The summed E-state index contributed by atoms with van der Waals surface area (Å²) in [5.74, 6) is -0.919. The predicted octanol–water partition coefficient (Wildman–Crippen LogP) is 21.0. The van der Waals surface area contributed by atoms with Gasteiger partial charge in [0.15, 0.2) is 6.10 Å². The van der Waals surface area contributed by atoms with E-state index in [1.807, 2.05) is 0 Å². The molecule has 0 amide bonds. The third kappa shape index (κ3) is 59.0. The summed E-state index contributed by atoms with van der Waals surface area (Å²) in [5.41, 5.74) is 0. The van der Waals surface area contributed by atoms with Crippen molar-refractivity contribution >= 4 is 17.9 Å². The van der Waals surface area contributed by atoms with E-state index >= 15 is 0 Å². The molecule has 0 spiro atoms. The summed E-state index contributed by atoms with van der Waals surface area (Å²) < 4.78 is 16.9. The highest BCUT2D eigenvalue weighted by Crippen LogP contribution is 2.15. The van der Waals surface area contributed by atoms with Gasteiger partial charge in [-0.3, -0.25) is 14.4 Å². The normalized spacial score (nSPS) is 12.9. The third-order valence-electron chi connectivity index (χ3n) is 13.0. The monoisotopic (exact) mass is 1030 g/mol. The zero-order chi connectivity index (χ0) is 53.6. The van der Waals surface area contributed by atoms with Crippen molar-refractivity contribution in [3.63, 3.8) is 0 Å². The fourth-order valence-corrected chi connectivity index (χ4v) is 8.42. The minimum atomic E-state index is -0.796. The molecule has 0 saturated heterocycles. The van der Waals surface area contributed by atoms with Crippen LogP contribution in [0.3, 0.4) is 0 Å². The van der Waals surface area contributed by atoms with Crippen molar-refractivity contribution in [3.8, 4) is 0 Å². The lowest BCUT2D eigenvalue weighted by Gasteiger charge is -2.18. The molecule has 1 unspecified atom stereocenters. The molecular weight excluding hydrogens is 913 g/mol. The minimum absolute atomic E-state index is 0.0922. The van der Waals surface area contributed by atoms with Crippen LogP contribution in [-0.4, -0.2) is 37.2 Å². The molecule has 0 aromatic rings. The number of allylic oxidation sites excluding steroid dienone is 18. The van der Waals surface area contributed by atoms with Gasteiger partial charge in [0.2, 0.25) is 0 Å². The molecule has 0 aliphatic rings. The van der Waals surface area contributed by atoms with Crippen molar-refractivity contribution in [1.82, 2.24) is 0 Å². The molecule has 0 radical (unpaired) electrons. The van der Waals surface area contributed by atoms with Gasteiger partial charge < -0.3 is 14.2 Å². The fraction of sp³-hybridized carbons (Fsp3) is 0.691. The van der Waals surface area contributed by atoms with Crippen LogP contribution in [0, 0.1) is 0 Å². The molecule has 0 rings (SSSR count). The van der Waals surface area contributed by atoms with Crippen LogP contribution in [0.25, 0.3) is 0 Å². The van der Waals surface area contributed by atoms with Crippen molar-refractivity contribution in [1.29, 1.82) is 0 Å². The maximum atomic E-state index is 12.9. The Bertz CT molecular complexity index is 1510. The van der Waals surface area contributed by atoms with Crippen LogP contribution in [0.4, 0.5) is 0 Å². The average Bonchev–Trinajstić information content (AvgIpc) is 3.40. The molecule has 74 heavy (non-hydrogen) atoms. The Morgan fingerprint density at radius 2 is 0.527 bits per heavy atom. The molecule has 422 valence electrons. The Morgan fingerprint density at radius 3 is 0.838 bits per heavy atom. The number of esters is 3. The van der Waals surface area contributed by atoms with Crippen molar-refractivity contribution in [2.45, 2.75) is 290 Å². The van der Waals surface area contributed by atoms with Gasteiger partial charge in [0.25, 0.3) is 0 Å². The molecule has 0 saturated carbocycles. The van der Waals surface area contributed by atoms with E-state index < -0.39 is 6.10 Å². The van der Waals surface area contributed by atoms with Gasteiger partial charge in [-0.25, -0.2) is 0 Å². The van der Waals surface area contributed by atoms with Gasteiger partial charge in [0.1, 0.15) is 13.2 Å². The summed E-state index contributed by atoms with van der Waals surface area (Å²) in [6, 6.07) is 0. The minimum Gasteiger partial charge on any atom is -0.462 e. The first kappa shape index (κ1) is 70.1. The zero-order valence-electron chi connectivity index (χ0n) is 48.3. The SMILES string of the molecule is CC/C=C\C/C=C\C/C=C\C/C=C\C/C=C\CCCCCCCC(=O)OCC(COC(=O)CCCCCCCCC/C=C\C/C=C\C/C=C\CC)OC(=O)CCCCCCCCC/C=C\CCCCCCCCC. The van der Waals surface area contributed by atoms with Crippen molar-refractivity contribution in [3.05, 3.63) is 109 Å². The Balaban J connectivity index is 4.45. The van der Waals surface area contributed by atoms with Gasteiger partial charge in [0.05, 0.1) is 0 Å². The van der Waals surface area contributed by atoms with E-state index in [1.54, 1.807) is 0 Å². The summed E-state index contributed by atoms with van der Waals surface area (Å²) in [6.45, 7) is 6.40. The lowest BCUT2D eigenvalue weighted by molar-refractivity contribution is -0.167. The van der Waals surface area contributed by atoms with E-state index in [1.165, 1.54) is 109 Å². The Hall–Kier alpha value is -3.93. The summed E-state index contributed by atoms with van der Waals surface area (Å²) in [6.07, 6.45) is 83.6. The highest BCUT2D eigenvalue weighted by atomic mass is 16.6. The highest BCUT2D eigenvalue weighted by molar-refractivity contribution is 5.71. The molecule has 0 aromatic carbocycles. The molecule has 0 aliphatic carbocycles. The van der Waals surface area contributed by atoms with E-state index in [0.717, 1.165) is 135 Å². The maximum Gasteiger partial charge on any atom is 0.306 e. The number of rotatable bonds is 55. The molecule has 0 aliphatic heterocycles. The quantitative estimate of drug-likeness (QED) is 0.0261. The van der Waals surface area contributed by atoms with Gasteiger partial charge in [-0.1, -0.05) is 252 Å². The maximum absolute atomic E-state index is 12.9. The zero-order valence-corrected chi connectivity index (χ0v) is 48.3. The van der Waals surface area contributed by atoms with Crippen LogP contribution in [0.2, 0.25) is 0 Å². The molecule has 0 heterocycles. The van der Waals surface area contributed by atoms with Gasteiger partial charge >= 0.3 is 17.9 Å². The van der Waals surface area contributed by atoms with Gasteiger partial charge in [-0.15, -0.1) is 0 Å². The molecule has 6 nitrogen and oxygen atoms in total. The molecule has 1 atom stereocenters.